The first-order chi connectivity index (χ1) is 9.15. The summed E-state index contributed by atoms with van der Waals surface area (Å²) in [6.45, 7) is 1.92. The van der Waals surface area contributed by atoms with Crippen molar-refractivity contribution in [2.24, 2.45) is 5.84 Å². The van der Waals surface area contributed by atoms with Crippen LogP contribution in [0.5, 0.6) is 11.6 Å². The van der Waals surface area contributed by atoms with Gasteiger partial charge in [0.05, 0.1) is 10.0 Å². The summed E-state index contributed by atoms with van der Waals surface area (Å²) < 4.78 is 19.5. The number of hydrazine groups is 1. The average Bonchev–Trinajstić information content (AvgIpc) is 2.42. The van der Waals surface area contributed by atoms with E-state index in [4.69, 9.17) is 10.6 Å². The summed E-state index contributed by atoms with van der Waals surface area (Å²) in [6, 6.07) is 4.19. The van der Waals surface area contributed by atoms with Gasteiger partial charge in [0.25, 0.3) is 0 Å². The quantitative estimate of drug-likeness (QED) is 0.667. The van der Waals surface area contributed by atoms with Crippen LogP contribution in [0.2, 0.25) is 0 Å². The van der Waals surface area contributed by atoms with Gasteiger partial charge < -0.3 is 10.2 Å². The molecule has 0 amide bonds. The summed E-state index contributed by atoms with van der Waals surface area (Å²) in [4.78, 5) is 8.05. The maximum atomic E-state index is 13.2. The molecule has 0 fully saturated rings. The van der Waals surface area contributed by atoms with Crippen molar-refractivity contribution in [1.29, 1.82) is 0 Å². The van der Waals surface area contributed by atoms with E-state index in [1.165, 1.54) is 18.5 Å². The van der Waals surface area contributed by atoms with E-state index in [1.807, 2.05) is 6.92 Å². The van der Waals surface area contributed by atoms with Crippen molar-refractivity contribution in [2.75, 3.05) is 5.43 Å². The first-order valence-electron chi connectivity index (χ1n) is 5.59. The maximum absolute atomic E-state index is 13.2. The molecule has 0 aliphatic carbocycles. The molecule has 1 aromatic carbocycles. The fourth-order valence-electron chi connectivity index (χ4n) is 1.59. The third kappa shape index (κ3) is 2.99. The Kier molecular flexibility index (Phi) is 4.28. The fourth-order valence-corrected chi connectivity index (χ4v) is 1.91. The lowest BCUT2D eigenvalue weighted by atomic mass is 10.2. The number of anilines is 1. The van der Waals surface area contributed by atoms with Crippen LogP contribution < -0.4 is 16.0 Å². The SMILES string of the molecule is CCc1c(NN)ncnc1Oc1cc(F)ccc1Br. The van der Waals surface area contributed by atoms with E-state index < -0.39 is 0 Å². The minimum Gasteiger partial charge on any atom is -0.437 e. The van der Waals surface area contributed by atoms with Crippen LogP contribution in [0.4, 0.5) is 10.2 Å². The Labute approximate surface area is 118 Å². The van der Waals surface area contributed by atoms with Crippen molar-refractivity contribution in [3.8, 4) is 11.6 Å². The van der Waals surface area contributed by atoms with E-state index in [0.717, 1.165) is 5.56 Å². The molecule has 0 aliphatic heterocycles. The van der Waals surface area contributed by atoms with Crippen LogP contribution >= 0.6 is 15.9 Å². The van der Waals surface area contributed by atoms with Crippen LogP contribution in [0.25, 0.3) is 0 Å². The number of hydrogen-bond donors (Lipinski definition) is 2. The standard InChI is InChI=1S/C12H12BrFN4O/c1-2-8-11(18-15)16-6-17-12(8)19-10-5-7(14)3-4-9(10)13/h3-6H,2,15H2,1H3,(H,16,17,18). The molecular weight excluding hydrogens is 315 g/mol. The number of hydrogen-bond acceptors (Lipinski definition) is 5. The molecule has 0 spiro atoms. The number of benzene rings is 1. The normalized spacial score (nSPS) is 10.3. The van der Waals surface area contributed by atoms with E-state index in [1.54, 1.807) is 6.07 Å². The van der Waals surface area contributed by atoms with Gasteiger partial charge in [-0.1, -0.05) is 6.92 Å². The molecule has 3 N–H and O–H groups in total. The molecule has 2 rings (SSSR count). The van der Waals surface area contributed by atoms with Gasteiger partial charge in [0.15, 0.2) is 0 Å². The number of rotatable bonds is 4. The van der Waals surface area contributed by atoms with Gasteiger partial charge in [0.2, 0.25) is 5.88 Å². The van der Waals surface area contributed by atoms with Gasteiger partial charge in [-0.05, 0) is 34.5 Å². The first kappa shape index (κ1) is 13.7. The van der Waals surface area contributed by atoms with Crippen LogP contribution in [0, 0.1) is 5.82 Å². The van der Waals surface area contributed by atoms with Crippen molar-refractivity contribution in [3.63, 3.8) is 0 Å². The van der Waals surface area contributed by atoms with E-state index in [9.17, 15) is 4.39 Å². The maximum Gasteiger partial charge on any atom is 0.227 e. The molecule has 0 radical (unpaired) electrons. The highest BCUT2D eigenvalue weighted by Gasteiger charge is 2.13. The number of nitrogens with two attached hydrogens (primary N) is 1. The van der Waals surface area contributed by atoms with Gasteiger partial charge in [-0.3, -0.25) is 0 Å². The fraction of sp³-hybridized carbons (Fsp3) is 0.167. The first-order valence-corrected chi connectivity index (χ1v) is 6.38. The molecule has 5 nitrogen and oxygen atoms in total. The Morgan fingerprint density at radius 2 is 2.21 bits per heavy atom. The van der Waals surface area contributed by atoms with Crippen LogP contribution in [0.1, 0.15) is 12.5 Å². The van der Waals surface area contributed by atoms with E-state index in [2.05, 4.69) is 31.3 Å². The topological polar surface area (TPSA) is 73.1 Å². The van der Waals surface area contributed by atoms with Crippen molar-refractivity contribution in [2.45, 2.75) is 13.3 Å². The lowest BCUT2D eigenvalue weighted by Crippen LogP contribution is -2.12. The second-order valence-corrected chi connectivity index (χ2v) is 4.54. The smallest absolute Gasteiger partial charge is 0.227 e. The van der Waals surface area contributed by atoms with Crippen LogP contribution in [0.3, 0.4) is 0 Å². The minimum absolute atomic E-state index is 0.344. The van der Waals surface area contributed by atoms with E-state index >= 15 is 0 Å². The van der Waals surface area contributed by atoms with Gasteiger partial charge in [0, 0.05) is 6.07 Å². The third-order valence-corrected chi connectivity index (χ3v) is 3.15. The molecule has 1 heterocycles. The van der Waals surface area contributed by atoms with E-state index in [-0.39, 0.29) is 5.82 Å². The zero-order chi connectivity index (χ0) is 13.8. The Morgan fingerprint density at radius 3 is 2.89 bits per heavy atom. The highest BCUT2D eigenvalue weighted by atomic mass is 79.9. The van der Waals surface area contributed by atoms with Crippen molar-refractivity contribution < 1.29 is 9.13 Å². The molecule has 2 aromatic rings. The second kappa shape index (κ2) is 5.94. The minimum atomic E-state index is -0.387. The second-order valence-electron chi connectivity index (χ2n) is 3.68. The summed E-state index contributed by atoms with van der Waals surface area (Å²) >= 11 is 3.29. The van der Waals surface area contributed by atoms with Crippen molar-refractivity contribution >= 4 is 21.7 Å². The summed E-state index contributed by atoms with van der Waals surface area (Å²) in [5.74, 6) is 6.17. The highest BCUT2D eigenvalue weighted by molar-refractivity contribution is 9.10. The summed E-state index contributed by atoms with van der Waals surface area (Å²) in [5.41, 5.74) is 3.21. The molecule has 0 saturated carbocycles. The average molecular weight is 327 g/mol. The van der Waals surface area contributed by atoms with Crippen LogP contribution in [-0.2, 0) is 6.42 Å². The predicted molar refractivity (Wildman–Crippen MR) is 73.4 cm³/mol. The zero-order valence-electron chi connectivity index (χ0n) is 10.2. The number of nitrogens with zero attached hydrogens (tertiary/aromatic N) is 2. The molecule has 0 atom stereocenters. The lowest BCUT2D eigenvalue weighted by molar-refractivity contribution is 0.448. The Morgan fingerprint density at radius 1 is 1.42 bits per heavy atom. The van der Waals surface area contributed by atoms with Gasteiger partial charge in [-0.15, -0.1) is 0 Å². The van der Waals surface area contributed by atoms with Crippen molar-refractivity contribution in [1.82, 2.24) is 9.97 Å². The molecule has 7 heteroatoms. The molecule has 100 valence electrons. The summed E-state index contributed by atoms with van der Waals surface area (Å²) in [7, 11) is 0. The van der Waals surface area contributed by atoms with Crippen molar-refractivity contribution in [3.05, 3.63) is 40.4 Å². The van der Waals surface area contributed by atoms with Crippen LogP contribution in [0.15, 0.2) is 29.0 Å². The Bertz CT molecular complexity index is 594. The Hall–Kier alpha value is -1.73. The highest BCUT2D eigenvalue weighted by Crippen LogP contribution is 2.32. The Balaban J connectivity index is 2.40. The number of nitrogen functional groups attached to an aromatic ring is 1. The molecular formula is C12H12BrFN4O. The third-order valence-electron chi connectivity index (χ3n) is 2.50. The molecule has 0 saturated heterocycles. The molecule has 1 aromatic heterocycles. The molecule has 19 heavy (non-hydrogen) atoms. The molecule has 0 unspecified atom stereocenters. The van der Waals surface area contributed by atoms with Gasteiger partial charge in [0.1, 0.15) is 23.7 Å². The number of ether oxygens (including phenoxy) is 1. The van der Waals surface area contributed by atoms with E-state index in [0.29, 0.717) is 28.3 Å². The molecule has 0 aliphatic rings. The van der Waals surface area contributed by atoms with Crippen LogP contribution in [-0.4, -0.2) is 9.97 Å². The van der Waals surface area contributed by atoms with Gasteiger partial charge >= 0.3 is 0 Å². The predicted octanol–water partition coefficient (Wildman–Crippen LogP) is 3.02. The monoisotopic (exact) mass is 326 g/mol. The summed E-state index contributed by atoms with van der Waals surface area (Å²) in [5, 5.41) is 0. The zero-order valence-corrected chi connectivity index (χ0v) is 11.7. The van der Waals surface area contributed by atoms with Gasteiger partial charge in [-0.2, -0.15) is 0 Å². The summed E-state index contributed by atoms with van der Waals surface area (Å²) in [6.07, 6.45) is 1.96. The van der Waals surface area contributed by atoms with Gasteiger partial charge in [-0.25, -0.2) is 20.2 Å². The number of nitrogens with one attached hydrogen (secondary N) is 1. The lowest BCUT2D eigenvalue weighted by Gasteiger charge is -2.12. The number of aromatic nitrogens is 2. The molecule has 0 bridgehead atoms. The number of halogens is 2. The largest absolute Gasteiger partial charge is 0.437 e.